The summed E-state index contributed by atoms with van der Waals surface area (Å²) in [4.78, 5) is 0.0509. The van der Waals surface area contributed by atoms with E-state index in [1.165, 1.54) is 12.1 Å². The van der Waals surface area contributed by atoms with Crippen LogP contribution in [0.1, 0.15) is 0 Å². The van der Waals surface area contributed by atoms with Crippen molar-refractivity contribution in [2.24, 2.45) is 0 Å². The molecule has 0 N–H and O–H groups in total. The zero-order valence-electron chi connectivity index (χ0n) is 16.8. The first-order valence-electron chi connectivity index (χ1n) is 9.13. The zero-order valence-corrected chi connectivity index (χ0v) is 20.4. The Hall–Kier alpha value is -1.78. The maximum Gasteiger partial charge on any atom is 0.297 e. The topological polar surface area (TPSA) is 86.7 Å². The van der Waals surface area contributed by atoms with Crippen LogP contribution in [0.15, 0.2) is 94.7 Å². The number of hydrogen-bond acceptors (Lipinski definition) is 6. The predicted molar refractivity (Wildman–Crippen MR) is 120 cm³/mol. The molecule has 0 amide bonds. The first-order valence-corrected chi connectivity index (χ1v) is 11.9. The van der Waals surface area contributed by atoms with Crippen molar-refractivity contribution in [3.8, 4) is 0 Å². The first-order chi connectivity index (χ1) is 14.4. The molecule has 4 rings (SSSR count). The molecule has 0 bridgehead atoms. The van der Waals surface area contributed by atoms with Crippen molar-refractivity contribution in [3.63, 3.8) is 0 Å². The second-order valence-corrected chi connectivity index (χ2v) is 9.67. The maximum absolute atomic E-state index is 12.6. The summed E-state index contributed by atoms with van der Waals surface area (Å²) in [6.45, 7) is -0.870. The average molecular weight is 466 g/mol. The van der Waals surface area contributed by atoms with E-state index in [2.05, 4.69) is 0 Å². The van der Waals surface area contributed by atoms with Crippen molar-refractivity contribution in [1.29, 1.82) is 0 Å². The Balaban J connectivity index is 0.00000272. The molecule has 0 aromatic heterocycles. The molecule has 31 heavy (non-hydrogen) atoms. The van der Waals surface area contributed by atoms with E-state index in [-0.39, 0.29) is 39.3 Å². The number of fused-ring (bicyclic) bond motifs is 2. The van der Waals surface area contributed by atoms with Gasteiger partial charge in [0, 0.05) is 40.3 Å². The molecule has 4 aromatic carbocycles. The van der Waals surface area contributed by atoms with Crippen LogP contribution >= 0.6 is 0 Å². The fourth-order valence-corrected chi connectivity index (χ4v) is 5.47. The van der Waals surface area contributed by atoms with E-state index < -0.39 is 33.5 Å². The van der Waals surface area contributed by atoms with E-state index in [4.69, 9.17) is 8.37 Å². The van der Waals surface area contributed by atoms with Crippen molar-refractivity contribution in [2.45, 2.75) is 9.79 Å². The minimum atomic E-state index is -4.08. The van der Waals surface area contributed by atoms with Crippen LogP contribution in [0.3, 0.4) is 0 Å². The van der Waals surface area contributed by atoms with Crippen molar-refractivity contribution < 1.29 is 25.2 Å². The molecule has 4 aromatic rings. The third-order valence-electron chi connectivity index (χ3n) is 4.60. The molecule has 0 aliphatic rings. The Labute approximate surface area is 203 Å². The summed E-state index contributed by atoms with van der Waals surface area (Å²) in [6.07, 6.45) is 0. The molecule has 1 radical (unpaired) electrons. The van der Waals surface area contributed by atoms with Crippen LogP contribution in [0.2, 0.25) is 0 Å². The Morgan fingerprint density at radius 2 is 0.871 bits per heavy atom. The standard InChI is InChI=1S/C22H18O6S2.Na/c23-29(24,21-13-5-9-17-7-1-3-11-19(17)21)27-15-16-28-30(25,26)22-14-6-10-18-8-2-4-12-20(18)22;/h1-14H,15-16H2;. The van der Waals surface area contributed by atoms with E-state index in [1.54, 1.807) is 60.7 Å². The Kier molecular flexibility index (Phi) is 7.54. The Bertz CT molecular complexity index is 1310. The van der Waals surface area contributed by atoms with Gasteiger partial charge in [-0.3, -0.25) is 8.37 Å². The van der Waals surface area contributed by atoms with Crippen LogP contribution in [0.4, 0.5) is 0 Å². The third kappa shape index (κ3) is 5.18. The van der Waals surface area contributed by atoms with Crippen LogP contribution in [-0.4, -0.2) is 59.6 Å². The average Bonchev–Trinajstić information content (AvgIpc) is 2.76. The summed E-state index contributed by atoms with van der Waals surface area (Å²) < 4.78 is 60.4. The van der Waals surface area contributed by atoms with Gasteiger partial charge in [-0.2, -0.15) is 16.8 Å². The molecular weight excluding hydrogens is 447 g/mol. The van der Waals surface area contributed by atoms with E-state index >= 15 is 0 Å². The van der Waals surface area contributed by atoms with Crippen molar-refractivity contribution in [2.75, 3.05) is 13.2 Å². The summed E-state index contributed by atoms with van der Waals surface area (Å²) in [7, 11) is -8.16. The molecule has 0 spiro atoms. The molecule has 0 saturated carbocycles. The fraction of sp³-hybridized carbons (Fsp3) is 0.0909. The molecule has 0 heterocycles. The molecule has 0 fully saturated rings. The van der Waals surface area contributed by atoms with E-state index in [9.17, 15) is 16.8 Å². The van der Waals surface area contributed by atoms with Crippen molar-refractivity contribution in [1.82, 2.24) is 0 Å². The number of rotatable bonds is 7. The van der Waals surface area contributed by atoms with E-state index in [1.807, 2.05) is 12.1 Å². The van der Waals surface area contributed by atoms with Crippen LogP contribution in [0, 0.1) is 0 Å². The molecule has 0 unspecified atom stereocenters. The minimum Gasteiger partial charge on any atom is -0.264 e. The molecule has 9 heteroatoms. The molecule has 155 valence electrons. The second kappa shape index (κ2) is 9.79. The monoisotopic (exact) mass is 465 g/mol. The molecule has 6 nitrogen and oxygen atoms in total. The predicted octanol–water partition coefficient (Wildman–Crippen LogP) is 3.72. The SMILES string of the molecule is O=S(=O)(OCCOS(=O)(=O)c1cccc2ccccc12)c1cccc2ccccc12.[Na]. The van der Waals surface area contributed by atoms with E-state index in [0.717, 1.165) is 10.8 Å². The largest absolute Gasteiger partial charge is 0.297 e. The van der Waals surface area contributed by atoms with Gasteiger partial charge < -0.3 is 0 Å². The van der Waals surface area contributed by atoms with Crippen LogP contribution in [-0.2, 0) is 28.6 Å². The third-order valence-corrected chi connectivity index (χ3v) is 7.34. The number of benzene rings is 4. The number of hydrogen-bond donors (Lipinski definition) is 0. The fourth-order valence-electron chi connectivity index (χ4n) is 3.24. The second-order valence-electron chi connectivity index (χ2n) is 6.51. The minimum absolute atomic E-state index is 0. The van der Waals surface area contributed by atoms with Crippen LogP contribution in [0.5, 0.6) is 0 Å². The summed E-state index contributed by atoms with van der Waals surface area (Å²) in [5, 5.41) is 2.59. The van der Waals surface area contributed by atoms with Crippen LogP contribution in [0.25, 0.3) is 21.5 Å². The van der Waals surface area contributed by atoms with Gasteiger partial charge in [-0.25, -0.2) is 0 Å². The quantitative estimate of drug-likeness (QED) is 0.235. The van der Waals surface area contributed by atoms with Gasteiger partial charge in [0.05, 0.1) is 13.2 Å². The van der Waals surface area contributed by atoms with Gasteiger partial charge in [-0.15, -0.1) is 0 Å². The summed E-state index contributed by atoms with van der Waals surface area (Å²) in [5.41, 5.74) is 0. The van der Waals surface area contributed by atoms with Gasteiger partial charge in [-0.05, 0) is 22.9 Å². The summed E-state index contributed by atoms with van der Waals surface area (Å²) >= 11 is 0. The molecule has 0 atom stereocenters. The molecular formula is C22H18NaO6S2. The van der Waals surface area contributed by atoms with E-state index in [0.29, 0.717) is 10.8 Å². The van der Waals surface area contributed by atoms with Crippen molar-refractivity contribution in [3.05, 3.63) is 84.9 Å². The maximum atomic E-state index is 12.6. The Morgan fingerprint density at radius 1 is 0.516 bits per heavy atom. The smallest absolute Gasteiger partial charge is 0.264 e. The van der Waals surface area contributed by atoms with Gasteiger partial charge in [0.2, 0.25) is 0 Å². The molecule has 0 saturated heterocycles. The first kappa shape index (κ1) is 23.9. The van der Waals surface area contributed by atoms with Crippen molar-refractivity contribution >= 4 is 71.3 Å². The van der Waals surface area contributed by atoms with Crippen LogP contribution < -0.4 is 0 Å². The molecule has 0 aliphatic carbocycles. The normalized spacial score (nSPS) is 12.0. The van der Waals surface area contributed by atoms with Gasteiger partial charge in [0.1, 0.15) is 9.79 Å². The van der Waals surface area contributed by atoms with Gasteiger partial charge >= 0.3 is 0 Å². The van der Waals surface area contributed by atoms with Gasteiger partial charge in [0.15, 0.2) is 0 Å². The Morgan fingerprint density at radius 3 is 1.29 bits per heavy atom. The summed E-state index contributed by atoms with van der Waals surface area (Å²) in [6, 6.07) is 23.8. The van der Waals surface area contributed by atoms with Gasteiger partial charge in [-0.1, -0.05) is 72.8 Å². The van der Waals surface area contributed by atoms with Gasteiger partial charge in [0.25, 0.3) is 20.2 Å². The zero-order chi connectivity index (χ0) is 21.2. The summed E-state index contributed by atoms with van der Waals surface area (Å²) in [5.74, 6) is 0. The molecule has 0 aliphatic heterocycles.